The van der Waals surface area contributed by atoms with Crippen molar-refractivity contribution in [1.82, 2.24) is 30.5 Å². The Morgan fingerprint density at radius 1 is 1.24 bits per heavy atom. The molecule has 5 rings (SSSR count). The minimum Gasteiger partial charge on any atom is -0.448 e. The lowest BCUT2D eigenvalue weighted by atomic mass is 9.69. The van der Waals surface area contributed by atoms with Crippen molar-refractivity contribution in [3.05, 3.63) is 47.8 Å². The number of amides is 3. The molecular formula is C23H28N6O4. The predicted molar refractivity (Wildman–Crippen MR) is 117 cm³/mol. The number of hydrogen-bond acceptors (Lipinski definition) is 6. The molecule has 0 spiro atoms. The van der Waals surface area contributed by atoms with Crippen LogP contribution in [0.5, 0.6) is 0 Å². The fourth-order valence-corrected chi connectivity index (χ4v) is 5.67. The van der Waals surface area contributed by atoms with Crippen LogP contribution in [-0.4, -0.2) is 81.4 Å². The summed E-state index contributed by atoms with van der Waals surface area (Å²) >= 11 is 0. The number of aromatic nitrogens is 3. The second-order valence-corrected chi connectivity index (χ2v) is 9.07. The van der Waals surface area contributed by atoms with Gasteiger partial charge < -0.3 is 15.0 Å². The van der Waals surface area contributed by atoms with Gasteiger partial charge in [0.15, 0.2) is 0 Å². The van der Waals surface area contributed by atoms with Crippen molar-refractivity contribution in [2.45, 2.75) is 44.2 Å². The van der Waals surface area contributed by atoms with E-state index in [1.165, 1.54) is 4.90 Å². The van der Waals surface area contributed by atoms with Gasteiger partial charge >= 0.3 is 6.09 Å². The average molecular weight is 453 g/mol. The van der Waals surface area contributed by atoms with Crippen LogP contribution in [0.4, 0.5) is 4.79 Å². The second-order valence-electron chi connectivity index (χ2n) is 9.07. The molecule has 0 aliphatic carbocycles. The fraction of sp³-hybridized carbons (Fsp3) is 0.522. The highest BCUT2D eigenvalue weighted by Gasteiger charge is 2.61. The lowest BCUT2D eigenvalue weighted by molar-refractivity contribution is -0.137. The van der Waals surface area contributed by atoms with Gasteiger partial charge in [0.2, 0.25) is 11.8 Å². The zero-order valence-electron chi connectivity index (χ0n) is 18.4. The van der Waals surface area contributed by atoms with Crippen molar-refractivity contribution in [3.63, 3.8) is 0 Å². The monoisotopic (exact) mass is 452 g/mol. The van der Waals surface area contributed by atoms with Gasteiger partial charge in [0.25, 0.3) is 0 Å². The Kier molecular flexibility index (Phi) is 5.74. The molecule has 3 aliphatic rings. The Hall–Kier alpha value is -3.43. The SMILES string of the molecule is O=C1OCCN1CC(=O)N1[C@@H]2CC[C@H]1[C@@](Cc1ccccc1)(C(=O)NCCc1cn[nH]n1)C2. The minimum atomic E-state index is -0.699. The standard InChI is InChI=1S/C23H28N6O4/c30-20(15-28-10-11-33-22(28)32)29-18-6-7-19(29)23(13-18,12-16-4-2-1-3-5-16)21(31)24-9-8-17-14-25-27-26-17/h1-5,14,18-19H,6-13,15H2,(H,24,31)(H,25,26,27)/t18-,19+,23+/m1/s1. The number of ether oxygens (including phenoxy) is 1. The number of hydrogen-bond donors (Lipinski definition) is 2. The molecule has 3 amide bonds. The molecule has 10 heteroatoms. The van der Waals surface area contributed by atoms with Crippen LogP contribution in [0.25, 0.3) is 0 Å². The molecule has 2 bridgehead atoms. The number of carbonyl (C=O) groups excluding carboxylic acids is 3. The van der Waals surface area contributed by atoms with E-state index in [-0.39, 0.29) is 30.4 Å². The maximum Gasteiger partial charge on any atom is 0.410 e. The van der Waals surface area contributed by atoms with Gasteiger partial charge in [-0.2, -0.15) is 15.4 Å². The molecule has 10 nitrogen and oxygen atoms in total. The first-order chi connectivity index (χ1) is 16.1. The lowest BCUT2D eigenvalue weighted by Gasteiger charge is -2.36. The predicted octanol–water partition coefficient (Wildman–Crippen LogP) is 0.908. The summed E-state index contributed by atoms with van der Waals surface area (Å²) in [6.45, 7) is 1.18. The summed E-state index contributed by atoms with van der Waals surface area (Å²) in [5.74, 6) is -0.132. The summed E-state index contributed by atoms with van der Waals surface area (Å²) in [5.41, 5.74) is 1.16. The van der Waals surface area contributed by atoms with Gasteiger partial charge in [-0.25, -0.2) is 4.79 Å². The maximum atomic E-state index is 13.7. The third kappa shape index (κ3) is 4.05. The second kappa shape index (κ2) is 8.84. The van der Waals surface area contributed by atoms with Crippen molar-refractivity contribution in [2.24, 2.45) is 5.41 Å². The molecule has 3 fully saturated rings. The van der Waals surface area contributed by atoms with Crippen molar-refractivity contribution >= 4 is 17.9 Å². The highest BCUT2D eigenvalue weighted by atomic mass is 16.6. The Morgan fingerprint density at radius 3 is 2.82 bits per heavy atom. The normalized spacial score (nSPS) is 26.0. The van der Waals surface area contributed by atoms with E-state index in [0.29, 0.717) is 39.0 Å². The highest BCUT2D eigenvalue weighted by molar-refractivity contribution is 5.89. The van der Waals surface area contributed by atoms with Crippen molar-refractivity contribution < 1.29 is 19.1 Å². The number of H-pyrrole nitrogens is 1. The first-order valence-corrected chi connectivity index (χ1v) is 11.5. The number of cyclic esters (lactones) is 1. The van der Waals surface area contributed by atoms with E-state index in [4.69, 9.17) is 4.74 Å². The summed E-state index contributed by atoms with van der Waals surface area (Å²) in [6.07, 6.45) is 4.63. The van der Waals surface area contributed by atoms with Crippen LogP contribution in [0.3, 0.4) is 0 Å². The van der Waals surface area contributed by atoms with Crippen molar-refractivity contribution in [3.8, 4) is 0 Å². The van der Waals surface area contributed by atoms with Crippen LogP contribution in [0.1, 0.15) is 30.5 Å². The number of aromatic amines is 1. The molecule has 0 unspecified atom stereocenters. The number of carbonyl (C=O) groups is 3. The molecule has 33 heavy (non-hydrogen) atoms. The minimum absolute atomic E-state index is 0.00102. The summed E-state index contributed by atoms with van der Waals surface area (Å²) in [5, 5.41) is 13.5. The quantitative estimate of drug-likeness (QED) is 0.614. The van der Waals surface area contributed by atoms with Crippen LogP contribution >= 0.6 is 0 Å². The van der Waals surface area contributed by atoms with Gasteiger partial charge in [-0.15, -0.1) is 0 Å². The summed E-state index contributed by atoms with van der Waals surface area (Å²) in [7, 11) is 0. The Bertz CT molecular complexity index is 1010. The third-order valence-corrected chi connectivity index (χ3v) is 7.15. The molecule has 3 saturated heterocycles. The van der Waals surface area contributed by atoms with E-state index in [9.17, 15) is 14.4 Å². The topological polar surface area (TPSA) is 121 Å². The van der Waals surface area contributed by atoms with Gasteiger partial charge in [-0.1, -0.05) is 30.3 Å². The molecule has 174 valence electrons. The van der Waals surface area contributed by atoms with E-state index >= 15 is 0 Å². The number of benzene rings is 1. The molecule has 2 N–H and O–H groups in total. The highest BCUT2D eigenvalue weighted by Crippen LogP contribution is 2.51. The van der Waals surface area contributed by atoms with E-state index in [2.05, 4.69) is 20.7 Å². The molecule has 2 aromatic rings. The summed E-state index contributed by atoms with van der Waals surface area (Å²) in [4.78, 5) is 42.1. The smallest absolute Gasteiger partial charge is 0.410 e. The maximum absolute atomic E-state index is 13.7. The average Bonchev–Trinajstić information content (AvgIpc) is 3.60. The molecule has 1 aromatic carbocycles. The van der Waals surface area contributed by atoms with Gasteiger partial charge in [-0.3, -0.25) is 14.5 Å². The van der Waals surface area contributed by atoms with E-state index in [1.54, 1.807) is 6.20 Å². The molecular weight excluding hydrogens is 424 g/mol. The van der Waals surface area contributed by atoms with Gasteiger partial charge in [0.05, 0.1) is 23.9 Å². The van der Waals surface area contributed by atoms with Gasteiger partial charge in [-0.05, 0) is 31.2 Å². The lowest BCUT2D eigenvalue weighted by Crippen LogP contribution is -2.52. The van der Waals surface area contributed by atoms with Gasteiger partial charge in [0.1, 0.15) is 13.2 Å². The largest absolute Gasteiger partial charge is 0.448 e. The molecule has 3 atom stereocenters. The van der Waals surface area contributed by atoms with E-state index < -0.39 is 11.5 Å². The molecule has 3 aliphatic heterocycles. The van der Waals surface area contributed by atoms with Crippen LogP contribution in [0.15, 0.2) is 36.5 Å². The third-order valence-electron chi connectivity index (χ3n) is 7.15. The molecule has 4 heterocycles. The van der Waals surface area contributed by atoms with Crippen LogP contribution in [-0.2, 0) is 27.2 Å². The van der Waals surface area contributed by atoms with Crippen LogP contribution < -0.4 is 5.32 Å². The first kappa shape index (κ1) is 21.4. The van der Waals surface area contributed by atoms with Gasteiger partial charge in [0, 0.05) is 25.0 Å². The Labute approximate surface area is 191 Å². The van der Waals surface area contributed by atoms with Crippen molar-refractivity contribution in [2.75, 3.05) is 26.2 Å². The molecule has 1 aromatic heterocycles. The zero-order valence-corrected chi connectivity index (χ0v) is 18.4. The fourth-order valence-electron chi connectivity index (χ4n) is 5.67. The van der Waals surface area contributed by atoms with Crippen LogP contribution in [0.2, 0.25) is 0 Å². The van der Waals surface area contributed by atoms with E-state index in [0.717, 1.165) is 24.1 Å². The first-order valence-electron chi connectivity index (χ1n) is 11.5. The van der Waals surface area contributed by atoms with E-state index in [1.807, 2.05) is 35.2 Å². The summed E-state index contributed by atoms with van der Waals surface area (Å²) < 4.78 is 4.97. The number of nitrogens with zero attached hydrogens (tertiary/aromatic N) is 4. The zero-order chi connectivity index (χ0) is 22.8. The Balaban J connectivity index is 1.35. The number of nitrogens with one attached hydrogen (secondary N) is 2. The Morgan fingerprint density at radius 2 is 2.09 bits per heavy atom. The number of rotatable bonds is 8. The van der Waals surface area contributed by atoms with Crippen LogP contribution in [0, 0.1) is 5.41 Å². The van der Waals surface area contributed by atoms with Crippen molar-refractivity contribution in [1.29, 1.82) is 0 Å². The molecule has 0 saturated carbocycles. The molecule has 0 radical (unpaired) electrons. The number of fused-ring (bicyclic) bond motifs is 2. The summed E-state index contributed by atoms with van der Waals surface area (Å²) in [6, 6.07) is 9.78.